The fourth-order valence-corrected chi connectivity index (χ4v) is 4.99. The van der Waals surface area contributed by atoms with Crippen LogP contribution in [0.25, 0.3) is 0 Å². The van der Waals surface area contributed by atoms with E-state index in [1.807, 2.05) is 0 Å². The molecule has 0 saturated carbocycles. The zero-order chi connectivity index (χ0) is 20.6. The van der Waals surface area contributed by atoms with Crippen molar-refractivity contribution in [1.29, 1.82) is 0 Å². The second-order valence-electron chi connectivity index (χ2n) is 9.94. The summed E-state index contributed by atoms with van der Waals surface area (Å²) in [4.78, 5) is 5.35. The molecule has 2 aromatic rings. The van der Waals surface area contributed by atoms with Crippen LogP contribution < -0.4 is 4.74 Å². The van der Waals surface area contributed by atoms with Crippen molar-refractivity contribution in [2.24, 2.45) is 0 Å². The molecule has 1 fully saturated rings. The van der Waals surface area contributed by atoms with Gasteiger partial charge < -0.3 is 4.74 Å². The molecule has 29 heavy (non-hydrogen) atoms. The Morgan fingerprint density at radius 3 is 2.62 bits per heavy atom. The van der Waals surface area contributed by atoms with Gasteiger partial charge in [-0.25, -0.2) is 0 Å². The molecule has 0 N–H and O–H groups in total. The summed E-state index contributed by atoms with van der Waals surface area (Å²) in [5.74, 6) is 1.62. The van der Waals surface area contributed by atoms with Crippen LogP contribution in [0.15, 0.2) is 42.5 Å². The Morgan fingerprint density at radius 2 is 1.86 bits per heavy atom. The lowest BCUT2D eigenvalue weighted by atomic mass is 9.88. The van der Waals surface area contributed by atoms with E-state index in [1.165, 1.54) is 22.3 Å². The summed E-state index contributed by atoms with van der Waals surface area (Å²) in [5, 5.41) is 0. The second-order valence-corrected chi connectivity index (χ2v) is 9.94. The normalized spacial score (nSPS) is 20.7. The first-order chi connectivity index (χ1) is 13.8. The highest BCUT2D eigenvalue weighted by Crippen LogP contribution is 2.36. The second kappa shape index (κ2) is 8.12. The predicted molar refractivity (Wildman–Crippen MR) is 121 cm³/mol. The number of benzene rings is 2. The summed E-state index contributed by atoms with van der Waals surface area (Å²) in [5.41, 5.74) is 5.94. The topological polar surface area (TPSA) is 15.7 Å². The number of ether oxygens (including phenoxy) is 1. The maximum Gasteiger partial charge on any atom is 0.122 e. The van der Waals surface area contributed by atoms with Crippen molar-refractivity contribution >= 4 is 0 Å². The molecule has 4 rings (SSSR count). The third-order valence-corrected chi connectivity index (χ3v) is 6.46. The molecule has 1 saturated heterocycles. The van der Waals surface area contributed by atoms with Crippen molar-refractivity contribution in [2.75, 3.05) is 26.2 Å². The number of piperazine rings is 1. The summed E-state index contributed by atoms with van der Waals surface area (Å²) < 4.78 is 5.69. The minimum absolute atomic E-state index is 0.158. The first-order valence-electron chi connectivity index (χ1n) is 11.2. The SMILES string of the molecule is CC(C)c1ccccc1C1CN(Cc2ccc3c(c2)CCO3)CCN1C(C)(C)C. The van der Waals surface area contributed by atoms with Gasteiger partial charge in [-0.05, 0) is 55.0 Å². The maximum atomic E-state index is 5.69. The summed E-state index contributed by atoms with van der Waals surface area (Å²) in [7, 11) is 0. The molecule has 2 aromatic carbocycles. The van der Waals surface area contributed by atoms with Gasteiger partial charge in [-0.3, -0.25) is 9.80 Å². The van der Waals surface area contributed by atoms with Crippen LogP contribution in [0.2, 0.25) is 0 Å². The number of fused-ring (bicyclic) bond motifs is 1. The summed E-state index contributed by atoms with van der Waals surface area (Å²) in [6.45, 7) is 16.8. The molecule has 0 radical (unpaired) electrons. The molecule has 0 bridgehead atoms. The van der Waals surface area contributed by atoms with E-state index in [1.54, 1.807) is 0 Å². The number of rotatable bonds is 4. The van der Waals surface area contributed by atoms with Crippen LogP contribution >= 0.6 is 0 Å². The van der Waals surface area contributed by atoms with Crippen LogP contribution in [0.1, 0.15) is 68.8 Å². The number of hydrogen-bond donors (Lipinski definition) is 0. The molecule has 0 amide bonds. The minimum atomic E-state index is 0.158. The van der Waals surface area contributed by atoms with Crippen molar-refractivity contribution in [3.8, 4) is 5.75 Å². The summed E-state index contributed by atoms with van der Waals surface area (Å²) in [6, 6.07) is 16.3. The van der Waals surface area contributed by atoms with E-state index in [-0.39, 0.29) is 5.54 Å². The van der Waals surface area contributed by atoms with Gasteiger partial charge in [0.05, 0.1) is 6.61 Å². The van der Waals surface area contributed by atoms with Gasteiger partial charge in [0.25, 0.3) is 0 Å². The maximum absolute atomic E-state index is 5.69. The van der Waals surface area contributed by atoms with E-state index in [9.17, 15) is 0 Å². The van der Waals surface area contributed by atoms with Gasteiger partial charge in [0.2, 0.25) is 0 Å². The molecule has 0 spiro atoms. The minimum Gasteiger partial charge on any atom is -0.493 e. The van der Waals surface area contributed by atoms with Gasteiger partial charge in [0, 0.05) is 44.2 Å². The zero-order valence-electron chi connectivity index (χ0n) is 18.7. The molecule has 3 nitrogen and oxygen atoms in total. The largest absolute Gasteiger partial charge is 0.493 e. The van der Waals surface area contributed by atoms with E-state index >= 15 is 0 Å². The Kier molecular flexibility index (Phi) is 5.72. The smallest absolute Gasteiger partial charge is 0.122 e. The Labute approximate surface area is 176 Å². The lowest BCUT2D eigenvalue weighted by molar-refractivity contribution is 0.00554. The van der Waals surface area contributed by atoms with Crippen LogP contribution in [0.3, 0.4) is 0 Å². The third-order valence-electron chi connectivity index (χ3n) is 6.46. The van der Waals surface area contributed by atoms with E-state index in [0.717, 1.165) is 45.0 Å². The van der Waals surface area contributed by atoms with Gasteiger partial charge in [-0.1, -0.05) is 50.2 Å². The van der Waals surface area contributed by atoms with E-state index < -0.39 is 0 Å². The highest BCUT2D eigenvalue weighted by molar-refractivity contribution is 5.40. The van der Waals surface area contributed by atoms with Crippen LogP contribution in [-0.4, -0.2) is 41.6 Å². The monoisotopic (exact) mass is 392 g/mol. The predicted octanol–water partition coefficient (Wildman–Crippen LogP) is 5.40. The quantitative estimate of drug-likeness (QED) is 0.693. The number of nitrogens with zero attached hydrogens (tertiary/aromatic N) is 2. The van der Waals surface area contributed by atoms with Crippen molar-refractivity contribution in [3.05, 3.63) is 64.7 Å². The van der Waals surface area contributed by atoms with Crippen molar-refractivity contribution in [3.63, 3.8) is 0 Å². The fourth-order valence-electron chi connectivity index (χ4n) is 4.99. The van der Waals surface area contributed by atoms with Crippen molar-refractivity contribution in [1.82, 2.24) is 9.80 Å². The molecule has 1 unspecified atom stereocenters. The van der Waals surface area contributed by atoms with E-state index in [4.69, 9.17) is 4.74 Å². The van der Waals surface area contributed by atoms with Crippen molar-refractivity contribution in [2.45, 2.75) is 65.1 Å². The van der Waals surface area contributed by atoms with E-state index in [0.29, 0.717) is 12.0 Å². The van der Waals surface area contributed by atoms with Crippen LogP contribution in [0, 0.1) is 0 Å². The molecule has 2 heterocycles. The van der Waals surface area contributed by atoms with Crippen LogP contribution in [0.4, 0.5) is 0 Å². The molecule has 0 aromatic heterocycles. The Morgan fingerprint density at radius 1 is 1.07 bits per heavy atom. The zero-order valence-corrected chi connectivity index (χ0v) is 18.7. The van der Waals surface area contributed by atoms with Gasteiger partial charge >= 0.3 is 0 Å². The molecule has 1 atom stereocenters. The molecular weight excluding hydrogens is 356 g/mol. The highest BCUT2D eigenvalue weighted by atomic mass is 16.5. The van der Waals surface area contributed by atoms with Crippen LogP contribution in [0.5, 0.6) is 5.75 Å². The average molecular weight is 393 g/mol. The van der Waals surface area contributed by atoms with Crippen molar-refractivity contribution < 1.29 is 4.74 Å². The van der Waals surface area contributed by atoms with E-state index in [2.05, 4.69) is 86.9 Å². The molecule has 0 aliphatic carbocycles. The first kappa shape index (κ1) is 20.4. The fraction of sp³-hybridized carbons (Fsp3) is 0.538. The average Bonchev–Trinajstić information content (AvgIpc) is 3.15. The number of hydrogen-bond acceptors (Lipinski definition) is 3. The van der Waals surface area contributed by atoms with Gasteiger partial charge in [0.1, 0.15) is 5.75 Å². The summed E-state index contributed by atoms with van der Waals surface area (Å²) in [6.07, 6.45) is 1.05. The molecule has 2 aliphatic heterocycles. The van der Waals surface area contributed by atoms with Crippen LogP contribution in [-0.2, 0) is 13.0 Å². The molecular formula is C26H36N2O. The molecule has 156 valence electrons. The van der Waals surface area contributed by atoms with Gasteiger partial charge in [0.15, 0.2) is 0 Å². The molecule has 3 heteroatoms. The summed E-state index contributed by atoms with van der Waals surface area (Å²) >= 11 is 0. The standard InChI is InChI=1S/C26H36N2O/c1-19(2)22-8-6-7-9-23(22)24-18-27(13-14-28(24)26(3,4)5)17-20-10-11-25-21(16-20)12-15-29-25/h6-11,16,19,24H,12-15,17-18H2,1-5H3. The van der Waals surface area contributed by atoms with Gasteiger partial charge in [-0.2, -0.15) is 0 Å². The van der Waals surface area contributed by atoms with Gasteiger partial charge in [-0.15, -0.1) is 0 Å². The lowest BCUT2D eigenvalue weighted by Gasteiger charge is -2.49. The third kappa shape index (κ3) is 4.36. The molecule has 2 aliphatic rings. The highest BCUT2D eigenvalue weighted by Gasteiger charge is 2.36. The Hall–Kier alpha value is -1.84. The Bertz CT molecular complexity index is 852. The first-order valence-corrected chi connectivity index (χ1v) is 11.2. The lowest BCUT2D eigenvalue weighted by Crippen LogP contribution is -2.55. The Balaban J connectivity index is 1.59.